The molecule has 1 aliphatic heterocycles. The van der Waals surface area contributed by atoms with Gasteiger partial charge in [0.25, 0.3) is 0 Å². The van der Waals surface area contributed by atoms with Crippen LogP contribution in [0.25, 0.3) is 0 Å². The molecule has 1 aromatic carbocycles. The Morgan fingerprint density at radius 1 is 1.31 bits per heavy atom. The van der Waals surface area contributed by atoms with Gasteiger partial charge in [0.2, 0.25) is 0 Å². The van der Waals surface area contributed by atoms with Crippen LogP contribution in [-0.4, -0.2) is 54.1 Å². The summed E-state index contributed by atoms with van der Waals surface area (Å²) in [7, 11) is 1.77. The summed E-state index contributed by atoms with van der Waals surface area (Å²) in [4.78, 5) is 8.78. The minimum Gasteiger partial charge on any atom is -0.359 e. The van der Waals surface area contributed by atoms with Crippen LogP contribution in [0.2, 0.25) is 5.02 Å². The molecule has 1 fully saturated rings. The molecule has 0 spiro atoms. The first-order chi connectivity index (χ1) is 13.5. The van der Waals surface area contributed by atoms with E-state index in [0.29, 0.717) is 29.6 Å². The standard InChI is InChI=1S/C20H27ClFN5O.HI/c1-14(2)19-11-15(28-25-19)12-24-20(23-3)27-9-7-26(8-10-27)13-16-17(21)5-4-6-18(16)22;/h4-6,11,14H,7-10,12-13H2,1-3H3,(H,23,24);1H. The van der Waals surface area contributed by atoms with Crippen LogP contribution < -0.4 is 5.32 Å². The molecule has 0 aliphatic carbocycles. The van der Waals surface area contributed by atoms with E-state index in [2.05, 4.69) is 39.1 Å². The predicted octanol–water partition coefficient (Wildman–Crippen LogP) is 4.10. The molecule has 1 N–H and O–H groups in total. The molecule has 29 heavy (non-hydrogen) atoms. The van der Waals surface area contributed by atoms with Crippen LogP contribution in [-0.2, 0) is 13.1 Å². The minimum absolute atomic E-state index is 0. The third kappa shape index (κ3) is 6.29. The average Bonchev–Trinajstić information content (AvgIpc) is 3.16. The van der Waals surface area contributed by atoms with Crippen LogP contribution >= 0.6 is 35.6 Å². The number of guanidine groups is 1. The molecule has 1 aromatic heterocycles. The molecule has 1 aliphatic rings. The maximum absolute atomic E-state index is 14.0. The van der Waals surface area contributed by atoms with Crippen LogP contribution in [0.1, 0.15) is 36.8 Å². The fourth-order valence-electron chi connectivity index (χ4n) is 3.21. The van der Waals surface area contributed by atoms with E-state index in [1.54, 1.807) is 19.2 Å². The number of hydrogen-bond acceptors (Lipinski definition) is 4. The zero-order valence-corrected chi connectivity index (χ0v) is 20.1. The van der Waals surface area contributed by atoms with Crippen molar-refractivity contribution < 1.29 is 8.91 Å². The van der Waals surface area contributed by atoms with E-state index in [4.69, 9.17) is 16.1 Å². The van der Waals surface area contributed by atoms with Crippen molar-refractivity contribution in [3.63, 3.8) is 0 Å². The topological polar surface area (TPSA) is 56.9 Å². The molecule has 0 bridgehead atoms. The molecule has 0 radical (unpaired) electrons. The van der Waals surface area contributed by atoms with Gasteiger partial charge in [0.15, 0.2) is 11.7 Å². The second-order valence-corrected chi connectivity index (χ2v) is 7.64. The first kappa shape index (κ1) is 23.9. The van der Waals surface area contributed by atoms with Crippen molar-refractivity contribution in [1.29, 1.82) is 0 Å². The molecular formula is C20H28ClFIN5O. The van der Waals surface area contributed by atoms with Gasteiger partial charge in [-0.2, -0.15) is 0 Å². The summed E-state index contributed by atoms with van der Waals surface area (Å²) in [6.07, 6.45) is 0. The number of nitrogens with one attached hydrogen (secondary N) is 1. The minimum atomic E-state index is -0.250. The first-order valence-electron chi connectivity index (χ1n) is 9.54. The number of halogens is 3. The number of nitrogens with zero attached hydrogens (tertiary/aromatic N) is 4. The zero-order valence-electron chi connectivity index (χ0n) is 17.0. The normalized spacial score (nSPS) is 15.5. The van der Waals surface area contributed by atoms with Gasteiger partial charge in [0.1, 0.15) is 5.82 Å². The Morgan fingerprint density at radius 3 is 2.62 bits per heavy atom. The fourth-order valence-corrected chi connectivity index (χ4v) is 3.43. The molecule has 3 rings (SSSR count). The van der Waals surface area contributed by atoms with Crippen molar-refractivity contribution in [1.82, 2.24) is 20.3 Å². The van der Waals surface area contributed by atoms with Gasteiger partial charge in [-0.05, 0) is 18.1 Å². The number of rotatable bonds is 5. The van der Waals surface area contributed by atoms with Gasteiger partial charge in [0.05, 0.1) is 12.2 Å². The summed E-state index contributed by atoms with van der Waals surface area (Å²) in [5.41, 5.74) is 1.51. The Labute approximate surface area is 193 Å². The summed E-state index contributed by atoms with van der Waals surface area (Å²) in [5.74, 6) is 1.71. The van der Waals surface area contributed by atoms with Crippen LogP contribution in [0.15, 0.2) is 33.8 Å². The molecule has 0 amide bonds. The highest BCUT2D eigenvalue weighted by molar-refractivity contribution is 14.0. The lowest BCUT2D eigenvalue weighted by atomic mass is 10.1. The number of aliphatic imine (C=N–C) groups is 1. The maximum Gasteiger partial charge on any atom is 0.194 e. The van der Waals surface area contributed by atoms with Crippen LogP contribution in [0, 0.1) is 5.82 Å². The highest BCUT2D eigenvalue weighted by atomic mass is 127. The molecular weight excluding hydrogens is 508 g/mol. The number of benzene rings is 1. The SMILES string of the molecule is CN=C(NCc1cc(C(C)C)no1)N1CCN(Cc2c(F)cccc2Cl)CC1.I. The Hall–Kier alpha value is -1.39. The van der Waals surface area contributed by atoms with Crippen molar-refractivity contribution in [2.45, 2.75) is 32.9 Å². The van der Waals surface area contributed by atoms with E-state index in [0.717, 1.165) is 43.6 Å². The molecule has 6 nitrogen and oxygen atoms in total. The fraction of sp³-hybridized carbons (Fsp3) is 0.500. The Morgan fingerprint density at radius 2 is 2.03 bits per heavy atom. The highest BCUT2D eigenvalue weighted by Crippen LogP contribution is 2.21. The van der Waals surface area contributed by atoms with Crippen molar-refractivity contribution in [3.05, 3.63) is 52.1 Å². The molecule has 1 saturated heterocycles. The lowest BCUT2D eigenvalue weighted by molar-refractivity contribution is 0.170. The van der Waals surface area contributed by atoms with Crippen molar-refractivity contribution in [3.8, 4) is 0 Å². The Kier molecular flexibility index (Phi) is 9.16. The van der Waals surface area contributed by atoms with Gasteiger partial charge in [-0.3, -0.25) is 9.89 Å². The van der Waals surface area contributed by atoms with E-state index in [9.17, 15) is 4.39 Å². The van der Waals surface area contributed by atoms with Gasteiger partial charge in [0, 0.05) is 56.4 Å². The quantitative estimate of drug-likeness (QED) is 0.355. The van der Waals surface area contributed by atoms with Gasteiger partial charge in [-0.25, -0.2) is 4.39 Å². The average molecular weight is 536 g/mol. The summed E-state index contributed by atoms with van der Waals surface area (Å²) >= 11 is 6.15. The van der Waals surface area contributed by atoms with E-state index < -0.39 is 0 Å². The van der Waals surface area contributed by atoms with Crippen LogP contribution in [0.3, 0.4) is 0 Å². The summed E-state index contributed by atoms with van der Waals surface area (Å²) < 4.78 is 19.4. The maximum atomic E-state index is 14.0. The van der Waals surface area contributed by atoms with Crippen molar-refractivity contribution >= 4 is 41.5 Å². The van der Waals surface area contributed by atoms with Gasteiger partial charge >= 0.3 is 0 Å². The van der Waals surface area contributed by atoms with Gasteiger partial charge < -0.3 is 14.7 Å². The Bertz CT molecular complexity index is 801. The molecule has 0 unspecified atom stereocenters. The van der Waals surface area contributed by atoms with E-state index in [1.807, 2.05) is 6.07 Å². The summed E-state index contributed by atoms with van der Waals surface area (Å²) in [6.45, 7) is 8.46. The molecule has 0 saturated carbocycles. The third-order valence-electron chi connectivity index (χ3n) is 4.92. The number of hydrogen-bond donors (Lipinski definition) is 1. The second-order valence-electron chi connectivity index (χ2n) is 7.24. The van der Waals surface area contributed by atoms with E-state index in [-0.39, 0.29) is 29.8 Å². The van der Waals surface area contributed by atoms with Crippen molar-refractivity contribution in [2.24, 2.45) is 4.99 Å². The van der Waals surface area contributed by atoms with Crippen molar-refractivity contribution in [2.75, 3.05) is 33.2 Å². The number of piperazine rings is 1. The largest absolute Gasteiger partial charge is 0.359 e. The molecule has 160 valence electrons. The predicted molar refractivity (Wildman–Crippen MR) is 124 cm³/mol. The van der Waals surface area contributed by atoms with E-state index >= 15 is 0 Å². The van der Waals surface area contributed by atoms with Gasteiger partial charge in [-0.15, -0.1) is 24.0 Å². The lowest BCUT2D eigenvalue weighted by Crippen LogP contribution is -2.52. The Balaban J connectivity index is 0.00000300. The van der Waals surface area contributed by atoms with Gasteiger partial charge in [-0.1, -0.05) is 36.7 Å². The molecule has 9 heteroatoms. The van der Waals surface area contributed by atoms with Crippen LogP contribution in [0.4, 0.5) is 4.39 Å². The summed E-state index contributed by atoms with van der Waals surface area (Å²) in [6, 6.07) is 6.79. The second kappa shape index (κ2) is 11.1. The third-order valence-corrected chi connectivity index (χ3v) is 5.27. The zero-order chi connectivity index (χ0) is 20.1. The molecule has 0 atom stereocenters. The number of aromatic nitrogens is 1. The summed E-state index contributed by atoms with van der Waals surface area (Å²) in [5, 5.41) is 7.89. The smallest absolute Gasteiger partial charge is 0.194 e. The monoisotopic (exact) mass is 535 g/mol. The molecule has 2 heterocycles. The van der Waals surface area contributed by atoms with Crippen LogP contribution in [0.5, 0.6) is 0 Å². The first-order valence-corrected chi connectivity index (χ1v) is 9.92. The van der Waals surface area contributed by atoms with E-state index in [1.165, 1.54) is 6.07 Å². The lowest BCUT2D eigenvalue weighted by Gasteiger charge is -2.36. The molecule has 2 aromatic rings. The highest BCUT2D eigenvalue weighted by Gasteiger charge is 2.21.